The largest absolute Gasteiger partial charge is 0.0649 e. The minimum atomic E-state index is -3.48. The first-order valence-corrected chi connectivity index (χ1v) is 1.50. The van der Waals surface area contributed by atoms with Gasteiger partial charge in [-0.1, -0.05) is 33.9 Å². The standard InChI is InChI=1S/C6H14/c1-5-6(2,3)4/h5H2,1-4H3/i2D3,3D3,4D3,5D2. The molecule has 0 aromatic rings. The van der Waals surface area contributed by atoms with Crippen LogP contribution in [0, 0.1) is 5.41 Å². The first-order chi connectivity index (χ1) is 7.00. The average Bonchev–Trinajstić information content (AvgIpc) is 1.67. The fourth-order valence-corrected chi connectivity index (χ4v) is 0. The molecule has 0 aliphatic carbocycles. The molecule has 0 rings (SSSR count). The molecular weight excluding hydrogens is 72.1 g/mol. The maximum Gasteiger partial charge on any atom is 0.0269 e. The first kappa shape index (κ1) is 0.586. The fraction of sp³-hybridized carbons (Fsp3) is 1.00. The van der Waals surface area contributed by atoms with E-state index in [2.05, 4.69) is 0 Å². The van der Waals surface area contributed by atoms with Crippen molar-refractivity contribution in [1.82, 2.24) is 0 Å². The van der Waals surface area contributed by atoms with Crippen molar-refractivity contribution < 1.29 is 15.1 Å². The van der Waals surface area contributed by atoms with Crippen LogP contribution in [0.1, 0.15) is 48.9 Å². The third kappa shape index (κ3) is 4.00. The summed E-state index contributed by atoms with van der Waals surface area (Å²) >= 11 is 0. The Morgan fingerprint density at radius 2 is 2.17 bits per heavy atom. The van der Waals surface area contributed by atoms with Crippen LogP contribution in [0.2, 0.25) is 0 Å². The van der Waals surface area contributed by atoms with Crippen molar-refractivity contribution >= 4 is 0 Å². The Hall–Kier alpha value is 0. The predicted octanol–water partition coefficient (Wildman–Crippen LogP) is 2.44. The summed E-state index contributed by atoms with van der Waals surface area (Å²) in [5.74, 6) is 0. The van der Waals surface area contributed by atoms with Gasteiger partial charge >= 0.3 is 0 Å². The Labute approximate surface area is 56.0 Å². The summed E-state index contributed by atoms with van der Waals surface area (Å²) in [5.41, 5.74) is -3.42. The summed E-state index contributed by atoms with van der Waals surface area (Å²) < 4.78 is 79.4. The lowest BCUT2D eigenvalue weighted by molar-refractivity contribution is 0.398. The molecular formula is C6H14. The maximum atomic E-state index is 7.39. The minimum Gasteiger partial charge on any atom is -0.0649 e. The molecule has 0 spiro atoms. The molecule has 0 aromatic heterocycles. The van der Waals surface area contributed by atoms with Crippen LogP contribution in [0.25, 0.3) is 0 Å². The lowest BCUT2D eigenvalue weighted by Crippen LogP contribution is -2.00. The molecule has 0 aliphatic heterocycles. The van der Waals surface area contributed by atoms with Crippen LogP contribution in [-0.4, -0.2) is 0 Å². The van der Waals surface area contributed by atoms with Gasteiger partial charge in [0, 0.05) is 15.1 Å². The Morgan fingerprint density at radius 1 is 1.67 bits per heavy atom. The third-order valence-electron chi connectivity index (χ3n) is 0.375. The van der Waals surface area contributed by atoms with E-state index >= 15 is 0 Å². The summed E-state index contributed by atoms with van der Waals surface area (Å²) in [6, 6.07) is 0. The molecule has 0 radical (unpaired) electrons. The molecule has 0 fully saturated rings. The molecule has 0 amide bonds. The van der Waals surface area contributed by atoms with Crippen LogP contribution in [0.15, 0.2) is 0 Å². The molecule has 0 unspecified atom stereocenters. The van der Waals surface area contributed by atoms with Crippen molar-refractivity contribution in [2.45, 2.75) is 33.9 Å². The highest BCUT2D eigenvalue weighted by Gasteiger charge is 2.03. The number of hydrogen-bond acceptors (Lipinski definition) is 0. The van der Waals surface area contributed by atoms with Gasteiger partial charge in [0.15, 0.2) is 0 Å². The smallest absolute Gasteiger partial charge is 0.0269 e. The third-order valence-corrected chi connectivity index (χ3v) is 0.375. The lowest BCUT2D eigenvalue weighted by Gasteiger charge is -2.12. The zero-order chi connectivity index (χ0) is 14.5. The Bertz CT molecular complexity index is 209. The molecule has 0 heteroatoms. The van der Waals surface area contributed by atoms with Crippen molar-refractivity contribution in [2.75, 3.05) is 0 Å². The number of rotatable bonds is 0. The van der Waals surface area contributed by atoms with Gasteiger partial charge in [-0.3, -0.25) is 0 Å². The van der Waals surface area contributed by atoms with Crippen molar-refractivity contribution in [2.24, 2.45) is 5.41 Å². The van der Waals surface area contributed by atoms with Gasteiger partial charge in [0.1, 0.15) is 0 Å². The van der Waals surface area contributed by atoms with E-state index in [4.69, 9.17) is 15.1 Å². The summed E-state index contributed by atoms with van der Waals surface area (Å²) in [5, 5.41) is 0. The second-order valence-corrected chi connectivity index (χ2v) is 1.00. The van der Waals surface area contributed by atoms with Crippen LogP contribution in [0.5, 0.6) is 0 Å². The quantitative estimate of drug-likeness (QED) is 0.435. The van der Waals surface area contributed by atoms with Crippen LogP contribution in [0.3, 0.4) is 0 Å². The van der Waals surface area contributed by atoms with Gasteiger partial charge in [-0.25, -0.2) is 0 Å². The van der Waals surface area contributed by atoms with Crippen LogP contribution >= 0.6 is 0 Å². The van der Waals surface area contributed by atoms with E-state index in [1.165, 1.54) is 0 Å². The average molecular weight is 97.2 g/mol. The van der Waals surface area contributed by atoms with E-state index in [9.17, 15) is 0 Å². The Morgan fingerprint density at radius 3 is 2.17 bits per heavy atom. The van der Waals surface area contributed by atoms with E-state index in [1.807, 2.05) is 0 Å². The van der Waals surface area contributed by atoms with Gasteiger partial charge in [-0.05, 0) is 5.41 Å². The first-order valence-electron chi connectivity index (χ1n) is 7.00. The van der Waals surface area contributed by atoms with Gasteiger partial charge < -0.3 is 0 Å². The van der Waals surface area contributed by atoms with Crippen LogP contribution < -0.4 is 0 Å². The molecule has 0 saturated carbocycles. The Kier molecular flexibility index (Phi) is 0.159. The van der Waals surface area contributed by atoms with E-state index in [1.54, 1.807) is 0 Å². The normalized spacial score (nSPS) is 47.8. The highest BCUT2D eigenvalue weighted by atomic mass is 14.1. The number of hydrogen-bond donors (Lipinski definition) is 0. The second-order valence-electron chi connectivity index (χ2n) is 1.00. The summed E-state index contributed by atoms with van der Waals surface area (Å²) in [6.45, 7) is -9.79. The maximum absolute atomic E-state index is 7.39. The summed E-state index contributed by atoms with van der Waals surface area (Å²) in [4.78, 5) is 0. The SMILES string of the molecule is [2H]C([2H])([2H])C(C([2H])([2H])[2H])(C([2H])([2H])[2H])C([2H])([2H])C. The van der Waals surface area contributed by atoms with Gasteiger partial charge in [0.2, 0.25) is 0 Å². The lowest BCUT2D eigenvalue weighted by atomic mass is 9.94. The van der Waals surface area contributed by atoms with Gasteiger partial charge in [-0.2, -0.15) is 0 Å². The van der Waals surface area contributed by atoms with E-state index in [0.717, 1.165) is 0 Å². The minimum absolute atomic E-state index is 0.665. The second kappa shape index (κ2) is 1.63. The molecule has 0 atom stereocenters. The molecule has 0 aliphatic rings. The zero-order valence-electron chi connectivity index (χ0n) is 14.5. The Balaban J connectivity index is 6.37. The molecule has 0 N–H and O–H groups in total. The molecule has 0 aromatic carbocycles. The zero-order valence-corrected chi connectivity index (χ0v) is 3.50. The monoisotopic (exact) mass is 97.2 g/mol. The van der Waals surface area contributed by atoms with Gasteiger partial charge in [0.25, 0.3) is 0 Å². The fourth-order valence-electron chi connectivity index (χ4n) is 0. The van der Waals surface area contributed by atoms with Crippen LogP contribution in [-0.2, 0) is 0 Å². The van der Waals surface area contributed by atoms with E-state index in [0.29, 0.717) is 6.92 Å². The van der Waals surface area contributed by atoms with Crippen molar-refractivity contribution in [3.8, 4) is 0 Å². The van der Waals surface area contributed by atoms with Crippen molar-refractivity contribution in [3.05, 3.63) is 0 Å². The van der Waals surface area contributed by atoms with E-state index in [-0.39, 0.29) is 0 Å². The highest BCUT2D eigenvalue weighted by molar-refractivity contribution is 4.55. The molecule has 0 bridgehead atoms. The summed E-state index contributed by atoms with van der Waals surface area (Å²) in [6.07, 6.45) is -2.92. The van der Waals surface area contributed by atoms with Gasteiger partial charge in [0.05, 0.1) is 0 Å². The highest BCUT2D eigenvalue weighted by Crippen LogP contribution is 2.16. The van der Waals surface area contributed by atoms with Crippen LogP contribution in [0.4, 0.5) is 0 Å². The summed E-state index contributed by atoms with van der Waals surface area (Å²) in [7, 11) is 0. The molecule has 38 valence electrons. The predicted molar refractivity (Wildman–Crippen MR) is 29.7 cm³/mol. The topological polar surface area (TPSA) is 0 Å². The molecule has 0 saturated heterocycles. The van der Waals surface area contributed by atoms with Crippen molar-refractivity contribution in [1.29, 1.82) is 0 Å². The van der Waals surface area contributed by atoms with Gasteiger partial charge in [-0.15, -0.1) is 0 Å². The molecule has 0 nitrogen and oxygen atoms in total. The molecule has 6 heavy (non-hydrogen) atoms. The van der Waals surface area contributed by atoms with E-state index < -0.39 is 32.3 Å². The molecule has 0 heterocycles. The van der Waals surface area contributed by atoms with Crippen molar-refractivity contribution in [3.63, 3.8) is 0 Å².